The third-order valence-corrected chi connectivity index (χ3v) is 5.70. The Morgan fingerprint density at radius 1 is 1.26 bits per heavy atom. The standard InChI is InChI=1S/C23H35FN4O3/c1-5-25-21(26-14-20(29)15-6-8-16(24)9-7-15)27-17-12-18-10-11-19(13-17)28(18)22(30)31-23(2,3)4/h6-9,17-20,29H,5,10-14H2,1-4H3,(H2,25,26,27). The molecule has 2 fully saturated rings. The fraction of sp³-hybridized carbons (Fsp3) is 0.652. The minimum absolute atomic E-state index is 0.166. The van der Waals surface area contributed by atoms with Crippen molar-refractivity contribution in [1.82, 2.24) is 15.5 Å². The van der Waals surface area contributed by atoms with Crippen LogP contribution in [-0.2, 0) is 4.74 Å². The van der Waals surface area contributed by atoms with Gasteiger partial charge in [0.05, 0.1) is 12.6 Å². The summed E-state index contributed by atoms with van der Waals surface area (Å²) in [7, 11) is 0. The number of piperidine rings is 1. The van der Waals surface area contributed by atoms with E-state index >= 15 is 0 Å². The number of carbonyl (C=O) groups is 1. The summed E-state index contributed by atoms with van der Waals surface area (Å²) >= 11 is 0. The Hall–Kier alpha value is -2.35. The predicted molar refractivity (Wildman–Crippen MR) is 118 cm³/mol. The number of amides is 1. The van der Waals surface area contributed by atoms with E-state index in [1.165, 1.54) is 12.1 Å². The molecule has 3 N–H and O–H groups in total. The number of hydrogen-bond donors (Lipinski definition) is 3. The molecular formula is C23H35FN4O3. The molecule has 2 bridgehead atoms. The molecule has 7 nitrogen and oxygen atoms in total. The molecule has 0 spiro atoms. The number of aliphatic hydroxyl groups excluding tert-OH is 1. The van der Waals surface area contributed by atoms with Gasteiger partial charge in [-0.2, -0.15) is 0 Å². The maximum atomic E-state index is 13.1. The van der Waals surface area contributed by atoms with Gasteiger partial charge in [0, 0.05) is 24.7 Å². The Morgan fingerprint density at radius 2 is 1.87 bits per heavy atom. The highest BCUT2D eigenvalue weighted by Gasteiger charge is 2.45. The molecule has 1 aromatic carbocycles. The van der Waals surface area contributed by atoms with Gasteiger partial charge < -0.3 is 25.4 Å². The lowest BCUT2D eigenvalue weighted by Crippen LogP contribution is -2.55. The highest BCUT2D eigenvalue weighted by molar-refractivity contribution is 5.80. The second kappa shape index (κ2) is 9.85. The number of halogens is 1. The van der Waals surface area contributed by atoms with Crippen molar-refractivity contribution in [2.45, 2.75) is 83.2 Å². The summed E-state index contributed by atoms with van der Waals surface area (Å²) in [5.74, 6) is 0.306. The number of nitrogens with one attached hydrogen (secondary N) is 2. The number of fused-ring (bicyclic) bond motifs is 2. The van der Waals surface area contributed by atoms with Gasteiger partial charge in [-0.15, -0.1) is 0 Å². The number of carbonyl (C=O) groups excluding carboxylic acids is 1. The number of aliphatic imine (C=N–C) groups is 1. The number of rotatable bonds is 5. The summed E-state index contributed by atoms with van der Waals surface area (Å²) in [6.45, 7) is 8.52. The zero-order valence-electron chi connectivity index (χ0n) is 18.9. The molecule has 0 saturated carbocycles. The second-order valence-corrected chi connectivity index (χ2v) is 9.37. The third-order valence-electron chi connectivity index (χ3n) is 5.70. The van der Waals surface area contributed by atoms with E-state index in [4.69, 9.17) is 4.74 Å². The van der Waals surface area contributed by atoms with Crippen LogP contribution < -0.4 is 10.6 Å². The fourth-order valence-corrected chi connectivity index (χ4v) is 4.39. The summed E-state index contributed by atoms with van der Waals surface area (Å²) in [5.41, 5.74) is 0.131. The molecule has 1 amide bonds. The first-order chi connectivity index (χ1) is 14.7. The summed E-state index contributed by atoms with van der Waals surface area (Å²) in [5, 5.41) is 17.1. The van der Waals surface area contributed by atoms with Crippen LogP contribution >= 0.6 is 0 Å². The average molecular weight is 435 g/mol. The Kier molecular flexibility index (Phi) is 7.41. The van der Waals surface area contributed by atoms with Gasteiger partial charge in [-0.25, -0.2) is 9.18 Å². The second-order valence-electron chi connectivity index (χ2n) is 9.37. The Morgan fingerprint density at radius 3 is 2.42 bits per heavy atom. The molecule has 2 heterocycles. The SMILES string of the molecule is CCNC(=NCC(O)c1ccc(F)cc1)NC1CC2CCC(C1)N2C(=O)OC(C)(C)C. The van der Waals surface area contributed by atoms with E-state index in [1.807, 2.05) is 32.6 Å². The first-order valence-electron chi connectivity index (χ1n) is 11.2. The van der Waals surface area contributed by atoms with Gasteiger partial charge in [-0.1, -0.05) is 12.1 Å². The molecule has 3 unspecified atom stereocenters. The summed E-state index contributed by atoms with van der Waals surface area (Å²) < 4.78 is 18.7. The van der Waals surface area contributed by atoms with E-state index in [9.17, 15) is 14.3 Å². The number of hydrogen-bond acceptors (Lipinski definition) is 4. The molecule has 31 heavy (non-hydrogen) atoms. The number of ether oxygens (including phenoxy) is 1. The smallest absolute Gasteiger partial charge is 0.410 e. The molecule has 3 atom stereocenters. The van der Waals surface area contributed by atoms with Crippen LogP contribution in [0.4, 0.5) is 9.18 Å². The molecule has 1 aromatic rings. The first kappa shape index (κ1) is 23.3. The van der Waals surface area contributed by atoms with Crippen LogP contribution in [0.5, 0.6) is 0 Å². The minimum atomic E-state index is -0.804. The molecule has 172 valence electrons. The number of guanidine groups is 1. The van der Waals surface area contributed by atoms with Crippen molar-refractivity contribution in [3.05, 3.63) is 35.6 Å². The van der Waals surface area contributed by atoms with Crippen LogP contribution in [0.2, 0.25) is 0 Å². The van der Waals surface area contributed by atoms with Gasteiger partial charge >= 0.3 is 6.09 Å². The number of benzene rings is 1. The van der Waals surface area contributed by atoms with Crippen molar-refractivity contribution >= 4 is 12.1 Å². The third kappa shape index (κ3) is 6.32. The summed E-state index contributed by atoms with van der Waals surface area (Å²) in [6, 6.07) is 6.33. The summed E-state index contributed by atoms with van der Waals surface area (Å²) in [4.78, 5) is 19.1. The Labute approximate surface area is 184 Å². The lowest BCUT2D eigenvalue weighted by atomic mass is 9.98. The predicted octanol–water partition coefficient (Wildman–Crippen LogP) is 3.34. The molecule has 2 saturated heterocycles. The Balaban J connectivity index is 1.59. The van der Waals surface area contributed by atoms with Crippen molar-refractivity contribution < 1.29 is 19.0 Å². The van der Waals surface area contributed by atoms with Gasteiger partial charge in [0.2, 0.25) is 0 Å². The average Bonchev–Trinajstić information content (AvgIpc) is 2.96. The van der Waals surface area contributed by atoms with Crippen molar-refractivity contribution in [3.8, 4) is 0 Å². The van der Waals surface area contributed by atoms with Crippen LogP contribution in [0.1, 0.15) is 65.0 Å². The zero-order valence-corrected chi connectivity index (χ0v) is 18.9. The van der Waals surface area contributed by atoms with Gasteiger partial charge in [0.15, 0.2) is 5.96 Å². The molecule has 0 radical (unpaired) electrons. The lowest BCUT2D eigenvalue weighted by molar-refractivity contribution is 0.00544. The number of aliphatic hydroxyl groups is 1. The van der Waals surface area contributed by atoms with Crippen LogP contribution in [0.3, 0.4) is 0 Å². The van der Waals surface area contributed by atoms with E-state index in [0.717, 1.165) is 25.7 Å². The van der Waals surface area contributed by atoms with E-state index in [-0.39, 0.29) is 36.6 Å². The quantitative estimate of drug-likeness (QED) is 0.489. The summed E-state index contributed by atoms with van der Waals surface area (Å²) in [6.07, 6.45) is 2.61. The van der Waals surface area contributed by atoms with Crippen LogP contribution in [0.15, 0.2) is 29.3 Å². The van der Waals surface area contributed by atoms with E-state index < -0.39 is 11.7 Å². The van der Waals surface area contributed by atoms with Crippen molar-refractivity contribution in [2.75, 3.05) is 13.1 Å². The van der Waals surface area contributed by atoms with E-state index in [2.05, 4.69) is 15.6 Å². The molecule has 0 aromatic heterocycles. The zero-order chi connectivity index (χ0) is 22.6. The minimum Gasteiger partial charge on any atom is -0.444 e. The maximum absolute atomic E-state index is 13.1. The van der Waals surface area contributed by atoms with Gasteiger partial charge in [-0.3, -0.25) is 4.99 Å². The largest absolute Gasteiger partial charge is 0.444 e. The molecule has 3 rings (SSSR count). The van der Waals surface area contributed by atoms with Crippen molar-refractivity contribution in [2.24, 2.45) is 4.99 Å². The molecule has 0 aliphatic carbocycles. The normalized spacial score (nSPS) is 24.6. The van der Waals surface area contributed by atoms with Gasteiger partial charge in [0.25, 0.3) is 0 Å². The lowest BCUT2D eigenvalue weighted by Gasteiger charge is -2.40. The van der Waals surface area contributed by atoms with Crippen molar-refractivity contribution in [3.63, 3.8) is 0 Å². The van der Waals surface area contributed by atoms with Crippen LogP contribution in [-0.4, -0.2) is 58.9 Å². The van der Waals surface area contributed by atoms with Crippen LogP contribution in [0.25, 0.3) is 0 Å². The van der Waals surface area contributed by atoms with Crippen LogP contribution in [0, 0.1) is 5.82 Å². The molecule has 2 aliphatic rings. The topological polar surface area (TPSA) is 86.2 Å². The highest BCUT2D eigenvalue weighted by Crippen LogP contribution is 2.36. The maximum Gasteiger partial charge on any atom is 0.410 e. The van der Waals surface area contributed by atoms with E-state index in [0.29, 0.717) is 18.1 Å². The van der Waals surface area contributed by atoms with Crippen molar-refractivity contribution in [1.29, 1.82) is 0 Å². The highest BCUT2D eigenvalue weighted by atomic mass is 19.1. The monoisotopic (exact) mass is 434 g/mol. The molecule has 8 heteroatoms. The first-order valence-corrected chi connectivity index (χ1v) is 11.2. The Bertz CT molecular complexity index is 764. The number of nitrogens with zero attached hydrogens (tertiary/aromatic N) is 2. The van der Waals surface area contributed by atoms with E-state index in [1.54, 1.807) is 12.1 Å². The molecule has 2 aliphatic heterocycles. The van der Waals surface area contributed by atoms with Gasteiger partial charge in [-0.05, 0) is 71.1 Å². The molecular weight excluding hydrogens is 399 g/mol. The fourth-order valence-electron chi connectivity index (χ4n) is 4.39. The van der Waals surface area contributed by atoms with Gasteiger partial charge in [0.1, 0.15) is 11.4 Å².